The maximum atomic E-state index is 12.4. The highest BCUT2D eigenvalue weighted by atomic mass is 32.2. The van der Waals surface area contributed by atoms with Gasteiger partial charge in [-0.15, -0.1) is 0 Å². The van der Waals surface area contributed by atoms with Crippen molar-refractivity contribution >= 4 is 15.9 Å². The monoisotopic (exact) mass is 297 g/mol. The van der Waals surface area contributed by atoms with Crippen LogP contribution in [-0.4, -0.2) is 37.8 Å². The molecule has 0 bridgehead atoms. The van der Waals surface area contributed by atoms with Gasteiger partial charge in [0.2, 0.25) is 15.9 Å². The van der Waals surface area contributed by atoms with Gasteiger partial charge in [0.15, 0.2) is 0 Å². The number of piperazine rings is 1. The number of carbonyl (C=O) groups is 1. The van der Waals surface area contributed by atoms with Crippen LogP contribution < -0.4 is 11.1 Å². The lowest BCUT2D eigenvalue weighted by Crippen LogP contribution is -2.55. The van der Waals surface area contributed by atoms with Crippen molar-refractivity contribution < 1.29 is 13.2 Å². The van der Waals surface area contributed by atoms with Gasteiger partial charge in [-0.05, 0) is 18.1 Å². The van der Waals surface area contributed by atoms with Crippen molar-refractivity contribution in [3.05, 3.63) is 35.4 Å². The molecule has 7 heteroatoms. The molecule has 0 aromatic heterocycles. The Balaban J connectivity index is 2.20. The lowest BCUT2D eigenvalue weighted by Gasteiger charge is -2.31. The van der Waals surface area contributed by atoms with E-state index in [1.165, 1.54) is 4.31 Å². The minimum Gasteiger partial charge on any atom is -0.353 e. The SMILES string of the molecule is CC1C(=O)NCCN1S(=O)(=O)Cc1cccc(CN)c1. The maximum Gasteiger partial charge on any atom is 0.238 e. The summed E-state index contributed by atoms with van der Waals surface area (Å²) >= 11 is 0. The Morgan fingerprint density at radius 1 is 1.40 bits per heavy atom. The van der Waals surface area contributed by atoms with E-state index in [1.54, 1.807) is 25.1 Å². The lowest BCUT2D eigenvalue weighted by molar-refractivity contribution is -0.126. The quantitative estimate of drug-likeness (QED) is 0.804. The molecule has 20 heavy (non-hydrogen) atoms. The minimum absolute atomic E-state index is 0.113. The Kier molecular flexibility index (Phi) is 4.42. The van der Waals surface area contributed by atoms with Crippen LogP contribution in [0, 0.1) is 0 Å². The van der Waals surface area contributed by atoms with Gasteiger partial charge in [0.05, 0.1) is 5.75 Å². The molecule has 1 aliphatic heterocycles. The van der Waals surface area contributed by atoms with Crippen LogP contribution in [0.1, 0.15) is 18.1 Å². The summed E-state index contributed by atoms with van der Waals surface area (Å²) in [4.78, 5) is 11.6. The molecule has 1 amide bonds. The fourth-order valence-corrected chi connectivity index (χ4v) is 3.99. The molecule has 1 unspecified atom stereocenters. The predicted octanol–water partition coefficient (Wildman–Crippen LogP) is -0.205. The van der Waals surface area contributed by atoms with Gasteiger partial charge in [0.1, 0.15) is 6.04 Å². The van der Waals surface area contributed by atoms with E-state index in [1.807, 2.05) is 6.07 Å². The summed E-state index contributed by atoms with van der Waals surface area (Å²) < 4.78 is 26.1. The molecule has 110 valence electrons. The van der Waals surface area contributed by atoms with E-state index >= 15 is 0 Å². The molecular weight excluding hydrogens is 278 g/mol. The average Bonchev–Trinajstić information content (AvgIpc) is 2.41. The molecule has 0 spiro atoms. The normalized spacial score (nSPS) is 20.7. The van der Waals surface area contributed by atoms with Crippen LogP contribution in [0.3, 0.4) is 0 Å². The Labute approximate surface area is 119 Å². The van der Waals surface area contributed by atoms with Gasteiger partial charge >= 0.3 is 0 Å². The number of nitrogens with one attached hydrogen (secondary N) is 1. The molecule has 6 nitrogen and oxygen atoms in total. The van der Waals surface area contributed by atoms with Crippen molar-refractivity contribution in [2.75, 3.05) is 13.1 Å². The number of benzene rings is 1. The van der Waals surface area contributed by atoms with E-state index in [9.17, 15) is 13.2 Å². The molecule has 1 aliphatic rings. The summed E-state index contributed by atoms with van der Waals surface area (Å²) in [5, 5.41) is 2.65. The van der Waals surface area contributed by atoms with E-state index in [0.29, 0.717) is 25.2 Å². The third-order valence-electron chi connectivity index (χ3n) is 3.38. The maximum absolute atomic E-state index is 12.4. The molecule has 0 radical (unpaired) electrons. The zero-order valence-corrected chi connectivity index (χ0v) is 12.2. The van der Waals surface area contributed by atoms with Gasteiger partial charge < -0.3 is 11.1 Å². The Bertz CT molecular complexity index is 601. The van der Waals surface area contributed by atoms with Gasteiger partial charge in [-0.3, -0.25) is 4.79 Å². The van der Waals surface area contributed by atoms with E-state index in [4.69, 9.17) is 5.73 Å². The molecule has 1 atom stereocenters. The summed E-state index contributed by atoms with van der Waals surface area (Å²) in [6.45, 7) is 2.63. The number of rotatable bonds is 4. The van der Waals surface area contributed by atoms with E-state index in [0.717, 1.165) is 5.56 Å². The Morgan fingerprint density at radius 3 is 2.80 bits per heavy atom. The van der Waals surface area contributed by atoms with Crippen LogP contribution in [0.5, 0.6) is 0 Å². The summed E-state index contributed by atoms with van der Waals surface area (Å²) in [5.74, 6) is -0.367. The molecule has 1 aromatic carbocycles. The van der Waals surface area contributed by atoms with Crippen molar-refractivity contribution in [2.45, 2.75) is 25.3 Å². The second-order valence-corrected chi connectivity index (χ2v) is 6.78. The number of hydrogen-bond acceptors (Lipinski definition) is 4. The second-order valence-electron chi connectivity index (χ2n) is 4.86. The largest absolute Gasteiger partial charge is 0.353 e. The standard InChI is InChI=1S/C13H19N3O3S/c1-10-13(17)15-5-6-16(10)20(18,19)9-12-4-2-3-11(7-12)8-14/h2-4,7,10H,5-6,8-9,14H2,1H3,(H,15,17). The highest BCUT2D eigenvalue weighted by molar-refractivity contribution is 7.88. The van der Waals surface area contributed by atoms with Crippen molar-refractivity contribution in [1.29, 1.82) is 0 Å². The third kappa shape index (κ3) is 3.17. The van der Waals surface area contributed by atoms with Gasteiger partial charge in [0.25, 0.3) is 0 Å². The first-order valence-electron chi connectivity index (χ1n) is 6.49. The number of nitrogens with two attached hydrogens (primary N) is 1. The number of nitrogens with zero attached hydrogens (tertiary/aromatic N) is 1. The Morgan fingerprint density at radius 2 is 2.10 bits per heavy atom. The van der Waals surface area contributed by atoms with Gasteiger partial charge in [-0.1, -0.05) is 24.3 Å². The second kappa shape index (κ2) is 5.90. The molecule has 1 heterocycles. The lowest BCUT2D eigenvalue weighted by atomic mass is 10.1. The van der Waals surface area contributed by atoms with Crippen molar-refractivity contribution in [3.8, 4) is 0 Å². The molecule has 0 saturated carbocycles. The fraction of sp³-hybridized carbons (Fsp3) is 0.462. The van der Waals surface area contributed by atoms with Gasteiger partial charge in [0, 0.05) is 19.6 Å². The Hall–Kier alpha value is -1.44. The molecule has 1 saturated heterocycles. The average molecular weight is 297 g/mol. The van der Waals surface area contributed by atoms with Gasteiger partial charge in [-0.2, -0.15) is 4.31 Å². The molecular formula is C13H19N3O3S. The molecule has 2 rings (SSSR count). The van der Waals surface area contributed by atoms with Crippen LogP contribution in [0.15, 0.2) is 24.3 Å². The highest BCUT2D eigenvalue weighted by Crippen LogP contribution is 2.16. The summed E-state index contributed by atoms with van der Waals surface area (Å²) in [7, 11) is -3.51. The smallest absolute Gasteiger partial charge is 0.238 e. The van der Waals surface area contributed by atoms with Crippen molar-refractivity contribution in [2.24, 2.45) is 5.73 Å². The van der Waals surface area contributed by atoms with Crippen LogP contribution >= 0.6 is 0 Å². The van der Waals surface area contributed by atoms with Crippen LogP contribution in [0.25, 0.3) is 0 Å². The van der Waals surface area contributed by atoms with Crippen LogP contribution in [-0.2, 0) is 27.1 Å². The number of carbonyl (C=O) groups excluding carboxylic acids is 1. The molecule has 3 N–H and O–H groups in total. The highest BCUT2D eigenvalue weighted by Gasteiger charge is 2.34. The minimum atomic E-state index is -3.51. The summed E-state index contributed by atoms with van der Waals surface area (Å²) in [5.41, 5.74) is 7.13. The topological polar surface area (TPSA) is 92.5 Å². The van der Waals surface area contributed by atoms with E-state index in [-0.39, 0.29) is 11.7 Å². The third-order valence-corrected chi connectivity index (χ3v) is 5.29. The molecule has 1 fully saturated rings. The number of amides is 1. The molecule has 0 aliphatic carbocycles. The number of sulfonamides is 1. The van der Waals surface area contributed by atoms with Crippen molar-refractivity contribution in [1.82, 2.24) is 9.62 Å². The van der Waals surface area contributed by atoms with Crippen LogP contribution in [0.4, 0.5) is 0 Å². The fourth-order valence-electron chi connectivity index (χ4n) is 2.28. The summed E-state index contributed by atoms with van der Waals surface area (Å²) in [6.07, 6.45) is 0. The van der Waals surface area contributed by atoms with E-state index < -0.39 is 16.1 Å². The molecule has 1 aromatic rings. The predicted molar refractivity (Wildman–Crippen MR) is 76.1 cm³/mol. The first-order chi connectivity index (χ1) is 9.44. The number of hydrogen-bond donors (Lipinski definition) is 2. The first kappa shape index (κ1) is 15.0. The first-order valence-corrected chi connectivity index (χ1v) is 8.10. The van der Waals surface area contributed by atoms with Crippen molar-refractivity contribution in [3.63, 3.8) is 0 Å². The van der Waals surface area contributed by atoms with Gasteiger partial charge in [-0.25, -0.2) is 8.42 Å². The zero-order valence-electron chi connectivity index (χ0n) is 11.4. The van der Waals surface area contributed by atoms with E-state index in [2.05, 4.69) is 5.32 Å². The summed E-state index contributed by atoms with van der Waals surface area (Å²) in [6, 6.07) is 6.52. The zero-order chi connectivity index (χ0) is 14.8. The van der Waals surface area contributed by atoms with Crippen LogP contribution in [0.2, 0.25) is 0 Å².